The lowest BCUT2D eigenvalue weighted by Crippen LogP contribution is -2.31. The summed E-state index contributed by atoms with van der Waals surface area (Å²) in [6.45, 7) is 0.463. The number of rotatable bonds is 5. The summed E-state index contributed by atoms with van der Waals surface area (Å²) in [5, 5.41) is 0. The molecule has 0 aliphatic carbocycles. The number of ether oxygens (including phenoxy) is 1. The van der Waals surface area contributed by atoms with E-state index in [-0.39, 0.29) is 0 Å². The van der Waals surface area contributed by atoms with Crippen molar-refractivity contribution in [1.29, 1.82) is 0 Å². The zero-order valence-corrected chi connectivity index (χ0v) is 23.0. The monoisotopic (exact) mass is 540 g/mol. The van der Waals surface area contributed by atoms with E-state index < -0.39 is 5.41 Å². The van der Waals surface area contributed by atoms with E-state index in [0.29, 0.717) is 6.61 Å². The van der Waals surface area contributed by atoms with E-state index in [1.54, 1.807) is 0 Å². The van der Waals surface area contributed by atoms with Crippen LogP contribution in [-0.2, 0) is 12.0 Å². The van der Waals surface area contributed by atoms with E-state index in [9.17, 15) is 0 Å². The Morgan fingerprint density at radius 3 is 1.76 bits per heavy atom. The van der Waals surface area contributed by atoms with Crippen LogP contribution in [0.15, 0.2) is 158 Å². The van der Waals surface area contributed by atoms with Crippen LogP contribution in [0, 0.1) is 0 Å². The van der Waals surface area contributed by atoms with Crippen molar-refractivity contribution in [2.24, 2.45) is 0 Å². The molecule has 200 valence electrons. The minimum absolute atomic E-state index is 0.463. The fourth-order valence-electron chi connectivity index (χ4n) is 6.57. The first kappa shape index (κ1) is 24.4. The molecule has 6 aromatic carbocycles. The van der Waals surface area contributed by atoms with Crippen LogP contribution >= 0.6 is 0 Å². The van der Waals surface area contributed by atoms with Gasteiger partial charge in [0.2, 0.25) is 0 Å². The van der Waals surface area contributed by atoms with Crippen LogP contribution < -0.4 is 4.74 Å². The van der Waals surface area contributed by atoms with Gasteiger partial charge in [-0.05, 0) is 63.7 Å². The number of imidazole rings is 1. The van der Waals surface area contributed by atoms with Gasteiger partial charge in [0, 0.05) is 0 Å². The van der Waals surface area contributed by atoms with Gasteiger partial charge in [0.1, 0.15) is 12.4 Å². The summed E-state index contributed by atoms with van der Waals surface area (Å²) in [5.74, 6) is 1.81. The third kappa shape index (κ3) is 3.78. The van der Waals surface area contributed by atoms with Crippen molar-refractivity contribution in [3.8, 4) is 22.6 Å². The van der Waals surface area contributed by atoms with Crippen LogP contribution in [0.1, 0.15) is 28.1 Å². The largest absolute Gasteiger partial charge is 0.483 e. The molecular formula is C39H28N2O. The minimum Gasteiger partial charge on any atom is -0.483 e. The zero-order valence-electron chi connectivity index (χ0n) is 23.0. The van der Waals surface area contributed by atoms with E-state index in [0.717, 1.165) is 39.4 Å². The van der Waals surface area contributed by atoms with Crippen molar-refractivity contribution in [3.63, 3.8) is 0 Å². The zero-order chi connectivity index (χ0) is 27.9. The van der Waals surface area contributed by atoms with Gasteiger partial charge in [0.05, 0.1) is 22.1 Å². The standard InChI is InChI=1S/C39H28N2O/c1-4-14-30(15-5-1)39(31-16-6-2-7-17-31,32-18-8-3-9-19-32)33-20-12-13-28(25-33)29-23-24-34-36(26-29)41-35-21-10-11-22-37(35)42-27-38(41)40-34/h1-26H,27H2. The van der Waals surface area contributed by atoms with Gasteiger partial charge in [0.25, 0.3) is 0 Å². The summed E-state index contributed by atoms with van der Waals surface area (Å²) in [5.41, 5.74) is 9.83. The quantitative estimate of drug-likeness (QED) is 0.204. The van der Waals surface area contributed by atoms with Crippen LogP contribution in [0.5, 0.6) is 5.75 Å². The van der Waals surface area contributed by atoms with Gasteiger partial charge >= 0.3 is 0 Å². The molecule has 0 N–H and O–H groups in total. The molecule has 1 aromatic heterocycles. The number of nitrogens with zero attached hydrogens (tertiary/aromatic N) is 2. The van der Waals surface area contributed by atoms with Crippen molar-refractivity contribution in [2.45, 2.75) is 12.0 Å². The van der Waals surface area contributed by atoms with Crippen LogP contribution in [0.2, 0.25) is 0 Å². The Balaban J connectivity index is 1.35. The SMILES string of the molecule is c1ccc(C(c2ccccc2)(c2ccccc2)c2cccc(-c3ccc4nc5n(c4c3)-c3ccccc3OC5)c2)cc1. The fraction of sp³-hybridized carbons (Fsp3) is 0.0513. The molecule has 0 spiro atoms. The topological polar surface area (TPSA) is 27.1 Å². The molecule has 3 nitrogen and oxygen atoms in total. The van der Waals surface area contributed by atoms with Crippen LogP contribution in [-0.4, -0.2) is 9.55 Å². The number of hydrogen-bond acceptors (Lipinski definition) is 2. The molecule has 0 amide bonds. The second kappa shape index (κ2) is 9.90. The lowest BCUT2D eigenvalue weighted by Gasteiger charge is -2.37. The molecule has 3 heteroatoms. The predicted molar refractivity (Wildman–Crippen MR) is 169 cm³/mol. The number of aromatic nitrogens is 2. The molecule has 1 aliphatic rings. The maximum absolute atomic E-state index is 5.99. The highest BCUT2D eigenvalue weighted by Crippen LogP contribution is 2.46. The van der Waals surface area contributed by atoms with Gasteiger partial charge in [-0.1, -0.05) is 127 Å². The lowest BCUT2D eigenvalue weighted by atomic mass is 9.65. The van der Waals surface area contributed by atoms with Gasteiger partial charge in [-0.2, -0.15) is 0 Å². The normalized spacial score (nSPS) is 12.4. The Hall–Kier alpha value is -5.41. The number of benzene rings is 6. The first-order valence-electron chi connectivity index (χ1n) is 14.3. The number of hydrogen-bond donors (Lipinski definition) is 0. The summed E-state index contributed by atoms with van der Waals surface area (Å²) >= 11 is 0. The van der Waals surface area contributed by atoms with E-state index in [2.05, 4.69) is 144 Å². The van der Waals surface area contributed by atoms with E-state index >= 15 is 0 Å². The Labute approximate surface area is 245 Å². The third-order valence-electron chi connectivity index (χ3n) is 8.44. The molecule has 8 rings (SSSR count). The molecule has 1 aliphatic heterocycles. The first-order valence-corrected chi connectivity index (χ1v) is 14.3. The van der Waals surface area contributed by atoms with Crippen LogP contribution in [0.3, 0.4) is 0 Å². The highest BCUT2D eigenvalue weighted by Gasteiger charge is 2.38. The van der Waals surface area contributed by atoms with E-state index in [1.807, 2.05) is 18.2 Å². The van der Waals surface area contributed by atoms with Crippen molar-refractivity contribution in [2.75, 3.05) is 0 Å². The third-order valence-corrected chi connectivity index (χ3v) is 8.44. The van der Waals surface area contributed by atoms with E-state index in [4.69, 9.17) is 9.72 Å². The van der Waals surface area contributed by atoms with Gasteiger partial charge in [-0.25, -0.2) is 4.98 Å². The predicted octanol–water partition coefficient (Wildman–Crippen LogP) is 8.97. The summed E-state index contributed by atoms with van der Waals surface area (Å²) in [4.78, 5) is 4.90. The maximum Gasteiger partial charge on any atom is 0.152 e. The molecule has 7 aromatic rings. The Kier molecular flexibility index (Phi) is 5.75. The molecule has 0 radical (unpaired) electrons. The van der Waals surface area contributed by atoms with Crippen molar-refractivity contribution in [3.05, 3.63) is 186 Å². The summed E-state index contributed by atoms with van der Waals surface area (Å²) in [6.07, 6.45) is 0. The summed E-state index contributed by atoms with van der Waals surface area (Å²) in [6, 6.07) is 56.4. The molecule has 2 heterocycles. The summed E-state index contributed by atoms with van der Waals surface area (Å²) in [7, 11) is 0. The van der Waals surface area contributed by atoms with E-state index in [1.165, 1.54) is 22.3 Å². The molecule has 0 atom stereocenters. The molecule has 0 unspecified atom stereocenters. The Bertz CT molecular complexity index is 1930. The number of para-hydroxylation sites is 2. The first-order chi connectivity index (χ1) is 20.8. The molecule has 0 fully saturated rings. The Morgan fingerprint density at radius 2 is 1.10 bits per heavy atom. The van der Waals surface area contributed by atoms with Crippen LogP contribution in [0.4, 0.5) is 0 Å². The second-order valence-corrected chi connectivity index (χ2v) is 10.8. The molecule has 0 saturated carbocycles. The molecule has 42 heavy (non-hydrogen) atoms. The molecule has 0 saturated heterocycles. The maximum atomic E-state index is 5.99. The van der Waals surface area contributed by atoms with Crippen molar-refractivity contribution >= 4 is 11.0 Å². The van der Waals surface area contributed by atoms with Gasteiger partial charge < -0.3 is 4.74 Å². The lowest BCUT2D eigenvalue weighted by molar-refractivity contribution is 0.280. The average molecular weight is 541 g/mol. The summed E-state index contributed by atoms with van der Waals surface area (Å²) < 4.78 is 8.23. The van der Waals surface area contributed by atoms with Gasteiger partial charge in [0.15, 0.2) is 5.82 Å². The smallest absolute Gasteiger partial charge is 0.152 e. The highest BCUT2D eigenvalue weighted by molar-refractivity contribution is 5.85. The van der Waals surface area contributed by atoms with Gasteiger partial charge in [-0.3, -0.25) is 4.57 Å². The highest BCUT2D eigenvalue weighted by atomic mass is 16.5. The second-order valence-electron chi connectivity index (χ2n) is 10.8. The van der Waals surface area contributed by atoms with Crippen molar-refractivity contribution in [1.82, 2.24) is 9.55 Å². The average Bonchev–Trinajstić information content (AvgIpc) is 3.45. The van der Waals surface area contributed by atoms with Crippen molar-refractivity contribution < 1.29 is 4.74 Å². The van der Waals surface area contributed by atoms with Gasteiger partial charge in [-0.15, -0.1) is 0 Å². The molecule has 0 bridgehead atoms. The Morgan fingerprint density at radius 1 is 0.524 bits per heavy atom. The minimum atomic E-state index is -0.490. The fourth-order valence-corrected chi connectivity index (χ4v) is 6.57. The molecular weight excluding hydrogens is 512 g/mol. The van der Waals surface area contributed by atoms with Crippen LogP contribution in [0.25, 0.3) is 27.8 Å². The number of fused-ring (bicyclic) bond motifs is 5.